The number of carbonyl (C=O) groups is 2. The number of benzene rings is 2. The third-order valence-electron chi connectivity index (χ3n) is 12.1. The van der Waals surface area contributed by atoms with Crippen LogP contribution in [0.3, 0.4) is 0 Å². The zero-order chi connectivity index (χ0) is 41.8. The quantitative estimate of drug-likeness (QED) is 0.123. The van der Waals surface area contributed by atoms with E-state index >= 15 is 4.79 Å². The Kier molecular flexibility index (Phi) is 11.6. The van der Waals surface area contributed by atoms with E-state index in [0.717, 1.165) is 0 Å². The number of carboxylic acid groups (broad SMARTS) is 1. The van der Waals surface area contributed by atoms with Gasteiger partial charge in [-0.3, -0.25) is 24.6 Å². The molecule has 7 aromatic rings. The minimum Gasteiger partial charge on any atom is -0.506 e. The summed E-state index contributed by atoms with van der Waals surface area (Å²) in [5.41, 5.74) is 0.0799. The average molecular weight is 1030 g/mol. The molecule has 2 aliphatic heterocycles. The molecule has 14 nitrogen and oxygen atoms in total. The molecule has 0 saturated carbocycles. The van der Waals surface area contributed by atoms with Gasteiger partial charge in [-0.15, -0.1) is 0 Å². The van der Waals surface area contributed by atoms with Crippen molar-refractivity contribution in [2.75, 3.05) is 20.2 Å². The van der Waals surface area contributed by atoms with E-state index < -0.39 is 47.0 Å². The monoisotopic (exact) mass is 1030 g/mol. The molecule has 5 atom stereocenters. The Morgan fingerprint density at radius 2 is 1.31 bits per heavy atom. The Morgan fingerprint density at radius 1 is 0.738 bits per heavy atom. The third-order valence-corrected chi connectivity index (χ3v) is 12.1. The molecule has 7 heterocycles. The van der Waals surface area contributed by atoms with Crippen LogP contribution in [-0.2, 0) is 16.1 Å². The molecule has 61 heavy (non-hydrogen) atoms. The minimum absolute atomic E-state index is 0. The summed E-state index contributed by atoms with van der Waals surface area (Å²) in [7, 11) is 1.29. The number of aliphatic hydroxyl groups excluding tert-OH is 1. The van der Waals surface area contributed by atoms with Gasteiger partial charge in [-0.25, -0.2) is 19.7 Å². The van der Waals surface area contributed by atoms with Crippen LogP contribution in [0.25, 0.3) is 21.8 Å². The molecular weight excluding hydrogens is 990 g/mol. The number of carbonyl (C=O) groups excluding carboxylic acids is 1. The molecule has 2 fully saturated rings. The van der Waals surface area contributed by atoms with Crippen LogP contribution in [0.15, 0.2) is 128 Å². The number of carboxylic acids is 1. The van der Waals surface area contributed by atoms with Crippen LogP contribution in [0.1, 0.15) is 64.0 Å². The maximum atomic E-state index is 15.0. The molecule has 5 unspecified atom stereocenters. The zero-order valence-electron chi connectivity index (χ0n) is 33.3. The number of esters is 1. The van der Waals surface area contributed by atoms with E-state index in [4.69, 9.17) is 24.7 Å². The summed E-state index contributed by atoms with van der Waals surface area (Å²) in [6.45, 7) is 2.01. The molecule has 9 rings (SSSR count). The van der Waals surface area contributed by atoms with Crippen molar-refractivity contribution in [2.24, 2.45) is 10.8 Å². The standard InChI is InChI=1S/C46H41N7O7.Ac/c1-45-25-52(39(30-20-18-27-10-7-16-35(54)37(27)50-30)31-21-19-28-11-8-17-36(55)38(28)51-31)26-46(43(45)58,44(59)60-2)41(33-14-4-6-23-48-33)53(40(45)32-13-3-5-22-47-32)24-29-12-9-15-34(49-29)42(56)57;/h3-23,39-41,43,54-55,58H,24-26H2,1-2H3,(H,56,57);. The van der Waals surface area contributed by atoms with Gasteiger partial charge in [-0.1, -0.05) is 61.5 Å². The van der Waals surface area contributed by atoms with Gasteiger partial charge in [0.15, 0.2) is 0 Å². The summed E-state index contributed by atoms with van der Waals surface area (Å²) < 4.78 is 5.72. The molecule has 1 radical (unpaired) electrons. The number of aromatic nitrogens is 5. The van der Waals surface area contributed by atoms with Crippen LogP contribution in [0.2, 0.25) is 0 Å². The van der Waals surface area contributed by atoms with Crippen LogP contribution < -0.4 is 0 Å². The van der Waals surface area contributed by atoms with Gasteiger partial charge in [0.05, 0.1) is 59.8 Å². The number of aromatic carboxylic acids is 1. The molecule has 4 N–H and O–H groups in total. The van der Waals surface area contributed by atoms with Crippen LogP contribution in [-0.4, -0.2) is 93.4 Å². The Hall–Kier alpha value is -5.43. The number of aromatic hydroxyl groups is 2. The first kappa shape index (κ1) is 42.3. The smallest absolute Gasteiger partial charge is 0.354 e. The number of ether oxygens (including phenoxy) is 1. The Bertz CT molecular complexity index is 2680. The third kappa shape index (κ3) is 7.22. The van der Waals surface area contributed by atoms with E-state index in [2.05, 4.69) is 9.88 Å². The minimum atomic E-state index is -1.76. The number of piperidine rings is 2. The predicted octanol–water partition coefficient (Wildman–Crippen LogP) is 6.01. The van der Waals surface area contributed by atoms with Gasteiger partial charge in [-0.2, -0.15) is 0 Å². The predicted molar refractivity (Wildman–Crippen MR) is 219 cm³/mol. The number of pyridine rings is 5. The first-order valence-electron chi connectivity index (χ1n) is 19.5. The van der Waals surface area contributed by atoms with Crippen LogP contribution in [0, 0.1) is 54.9 Å². The van der Waals surface area contributed by atoms with Gasteiger partial charge < -0.3 is 25.2 Å². The number of phenolic OH excluding ortho intramolecular Hbond substituents is 2. The van der Waals surface area contributed by atoms with Crippen LogP contribution in [0.5, 0.6) is 11.5 Å². The Labute approximate surface area is 386 Å². The van der Waals surface area contributed by atoms with Crippen molar-refractivity contribution in [3.05, 3.63) is 162 Å². The van der Waals surface area contributed by atoms with Crippen LogP contribution in [0.4, 0.5) is 0 Å². The molecule has 0 amide bonds. The van der Waals surface area contributed by atoms with Crippen molar-refractivity contribution < 1.29 is 78.8 Å². The maximum absolute atomic E-state index is 15.0. The van der Waals surface area contributed by atoms with E-state index in [1.54, 1.807) is 67.0 Å². The normalized spacial score (nSPS) is 22.8. The second-order valence-electron chi connectivity index (χ2n) is 15.7. The van der Waals surface area contributed by atoms with Crippen molar-refractivity contribution in [2.45, 2.75) is 37.7 Å². The fraction of sp³-hybridized carbons (Fsp3) is 0.239. The number of fused-ring (bicyclic) bond motifs is 4. The number of nitrogens with zero attached hydrogens (tertiary/aromatic N) is 7. The summed E-state index contributed by atoms with van der Waals surface area (Å²) in [4.78, 5) is 55.5. The molecule has 0 spiro atoms. The molecule has 2 aliphatic rings. The topological polar surface area (TPSA) is 195 Å². The summed E-state index contributed by atoms with van der Waals surface area (Å²) in [6, 6.07) is 30.9. The average Bonchev–Trinajstić information content (AvgIpc) is 3.26. The molecule has 2 bridgehead atoms. The number of rotatable bonds is 9. The van der Waals surface area contributed by atoms with E-state index in [1.807, 2.05) is 66.4 Å². The fourth-order valence-corrected chi connectivity index (χ4v) is 9.74. The summed E-state index contributed by atoms with van der Waals surface area (Å²) >= 11 is 0. The molecule has 15 heteroatoms. The Morgan fingerprint density at radius 3 is 1.85 bits per heavy atom. The van der Waals surface area contributed by atoms with Gasteiger partial charge in [0.1, 0.15) is 33.6 Å². The maximum Gasteiger partial charge on any atom is 0.354 e. The van der Waals surface area contributed by atoms with E-state index in [1.165, 1.54) is 13.2 Å². The number of likely N-dealkylation sites (tertiary alicyclic amines) is 2. The van der Waals surface area contributed by atoms with Gasteiger partial charge in [0.2, 0.25) is 0 Å². The van der Waals surface area contributed by atoms with E-state index in [0.29, 0.717) is 50.3 Å². The zero-order valence-corrected chi connectivity index (χ0v) is 38.0. The molecule has 305 valence electrons. The number of methoxy groups -OCH3 is 1. The van der Waals surface area contributed by atoms with Gasteiger partial charge in [0.25, 0.3) is 0 Å². The second kappa shape index (κ2) is 16.8. The van der Waals surface area contributed by atoms with Gasteiger partial charge >= 0.3 is 11.9 Å². The Balaban J connectivity index is 0.00000514. The van der Waals surface area contributed by atoms with Crippen molar-refractivity contribution in [1.82, 2.24) is 34.7 Å². The number of phenols is 2. The first-order valence-corrected chi connectivity index (χ1v) is 19.5. The van der Waals surface area contributed by atoms with Crippen molar-refractivity contribution in [3.63, 3.8) is 0 Å². The molecular formula is C46H41AcN7O7. The molecule has 2 aromatic carbocycles. The van der Waals surface area contributed by atoms with Crippen LogP contribution >= 0.6 is 0 Å². The van der Waals surface area contributed by atoms with Gasteiger partial charge in [-0.05, 0) is 60.7 Å². The van der Waals surface area contributed by atoms with E-state index in [-0.39, 0.29) is 80.9 Å². The second-order valence-corrected chi connectivity index (χ2v) is 15.7. The summed E-state index contributed by atoms with van der Waals surface area (Å²) in [6.07, 6.45) is 1.94. The number of para-hydroxylation sites is 2. The van der Waals surface area contributed by atoms with Crippen molar-refractivity contribution >= 4 is 33.7 Å². The van der Waals surface area contributed by atoms with E-state index in [9.17, 15) is 25.2 Å². The fourth-order valence-electron chi connectivity index (χ4n) is 9.74. The van der Waals surface area contributed by atoms with Crippen molar-refractivity contribution in [1.29, 1.82) is 0 Å². The summed E-state index contributed by atoms with van der Waals surface area (Å²) in [5, 5.41) is 46.6. The number of hydrogen-bond donors (Lipinski definition) is 4. The summed E-state index contributed by atoms with van der Waals surface area (Å²) in [5.74, 6) is -1.90. The van der Waals surface area contributed by atoms with Gasteiger partial charge in [0, 0.05) is 92.3 Å². The molecule has 0 aliphatic carbocycles. The number of hydrogen-bond acceptors (Lipinski definition) is 13. The van der Waals surface area contributed by atoms with Crippen molar-refractivity contribution in [3.8, 4) is 11.5 Å². The number of aliphatic hydroxyl groups is 1. The first-order chi connectivity index (χ1) is 29.0. The largest absolute Gasteiger partial charge is 0.506 e. The SMILES string of the molecule is COC(=O)C12CN(C(c3ccc4cccc(O)c4n3)c3ccc4cccc(O)c4n3)CC(C)(C(c3ccccn3)N(Cc3cccc(C(=O)O)n3)C1c1ccccn1)C2O.[Ac]. The molecule has 2 saturated heterocycles. The molecule has 5 aromatic heterocycles.